The number of amides is 1. The van der Waals surface area contributed by atoms with Gasteiger partial charge in [0.05, 0.1) is 29.9 Å². The van der Waals surface area contributed by atoms with Gasteiger partial charge < -0.3 is 10.6 Å². The van der Waals surface area contributed by atoms with E-state index in [-0.39, 0.29) is 19.0 Å². The van der Waals surface area contributed by atoms with Crippen molar-refractivity contribution in [3.8, 4) is 0 Å². The predicted octanol–water partition coefficient (Wildman–Crippen LogP) is 4.74. The van der Waals surface area contributed by atoms with Crippen molar-refractivity contribution in [2.75, 3.05) is 5.73 Å². The average molecular weight is 493 g/mol. The maximum Gasteiger partial charge on any atom is 0.417 e. The fraction of sp³-hybridized carbons (Fsp3) is 0.269. The van der Waals surface area contributed by atoms with Crippen molar-refractivity contribution in [3.05, 3.63) is 88.8 Å². The van der Waals surface area contributed by atoms with E-state index in [0.29, 0.717) is 22.9 Å². The summed E-state index contributed by atoms with van der Waals surface area (Å²) in [6.45, 7) is 0.0594. The van der Waals surface area contributed by atoms with Gasteiger partial charge in [-0.05, 0) is 73.2 Å². The molecule has 0 aliphatic heterocycles. The number of halogens is 3. The number of nitrogens with zero attached hydrogens (tertiary/aromatic N) is 5. The standard InChI is InChI=1S/C26H23F3N6O/c27-26(28,29)17-7-8-18(33-13-17)14-35(15-23-31-10-3-11-32-23)25(36)16-6-9-22-21(12-16)19-4-1-2-5-20(19)24(30)34-22/h3,6-13H,1-2,4-5,14-15H2,(H2,30,34). The maximum atomic E-state index is 13.7. The third kappa shape index (κ3) is 4.84. The second-order valence-corrected chi connectivity index (χ2v) is 8.76. The van der Waals surface area contributed by atoms with E-state index in [4.69, 9.17) is 5.73 Å². The van der Waals surface area contributed by atoms with Gasteiger partial charge in [-0.25, -0.2) is 15.0 Å². The summed E-state index contributed by atoms with van der Waals surface area (Å²) >= 11 is 0. The molecule has 0 fully saturated rings. The molecule has 0 unspecified atom stereocenters. The normalized spacial score (nSPS) is 13.4. The van der Waals surface area contributed by atoms with Crippen molar-refractivity contribution in [2.24, 2.45) is 0 Å². The monoisotopic (exact) mass is 492 g/mol. The summed E-state index contributed by atoms with van der Waals surface area (Å²) < 4.78 is 38.9. The second kappa shape index (κ2) is 9.52. The van der Waals surface area contributed by atoms with Crippen molar-refractivity contribution in [2.45, 2.75) is 44.9 Å². The number of aryl methyl sites for hydroxylation is 1. The van der Waals surface area contributed by atoms with Gasteiger partial charge in [0.2, 0.25) is 0 Å². The highest BCUT2D eigenvalue weighted by Crippen LogP contribution is 2.32. The number of fused-ring (bicyclic) bond motifs is 3. The molecule has 0 bridgehead atoms. The largest absolute Gasteiger partial charge is 0.417 e. The van der Waals surface area contributed by atoms with Gasteiger partial charge in [0.15, 0.2) is 0 Å². The Morgan fingerprint density at radius 3 is 2.42 bits per heavy atom. The lowest BCUT2D eigenvalue weighted by Crippen LogP contribution is -2.31. The van der Waals surface area contributed by atoms with Gasteiger partial charge in [0.25, 0.3) is 5.91 Å². The minimum atomic E-state index is -4.49. The molecule has 0 spiro atoms. The van der Waals surface area contributed by atoms with Crippen molar-refractivity contribution < 1.29 is 18.0 Å². The van der Waals surface area contributed by atoms with Gasteiger partial charge in [0, 0.05) is 29.5 Å². The summed E-state index contributed by atoms with van der Waals surface area (Å²) in [5.41, 5.74) is 8.99. The van der Waals surface area contributed by atoms with Gasteiger partial charge in [-0.1, -0.05) is 0 Å². The van der Waals surface area contributed by atoms with Crippen LogP contribution in [0.4, 0.5) is 19.0 Å². The molecule has 0 radical (unpaired) electrons. The highest BCUT2D eigenvalue weighted by molar-refractivity contribution is 5.99. The van der Waals surface area contributed by atoms with Crippen LogP contribution in [0.3, 0.4) is 0 Å². The number of anilines is 1. The Balaban J connectivity index is 1.50. The van der Waals surface area contributed by atoms with Crippen molar-refractivity contribution in [1.82, 2.24) is 24.8 Å². The van der Waals surface area contributed by atoms with Crippen LogP contribution in [0, 0.1) is 0 Å². The Labute approximate surface area is 205 Å². The number of nitrogen functional groups attached to an aromatic ring is 1. The van der Waals surface area contributed by atoms with Crippen molar-refractivity contribution in [1.29, 1.82) is 0 Å². The number of pyridine rings is 2. The molecule has 3 aromatic heterocycles. The number of rotatable bonds is 5. The third-order valence-corrected chi connectivity index (χ3v) is 6.33. The molecule has 0 saturated heterocycles. The zero-order chi connectivity index (χ0) is 25.3. The summed E-state index contributed by atoms with van der Waals surface area (Å²) in [5, 5.41) is 0.897. The smallest absolute Gasteiger partial charge is 0.383 e. The van der Waals surface area contributed by atoms with Gasteiger partial charge in [-0.15, -0.1) is 0 Å². The Bertz CT molecular complexity index is 1410. The van der Waals surface area contributed by atoms with E-state index < -0.39 is 11.7 Å². The summed E-state index contributed by atoms with van der Waals surface area (Å²) in [4.78, 5) is 32.0. The molecule has 10 heteroatoms. The van der Waals surface area contributed by atoms with Crippen LogP contribution < -0.4 is 5.73 Å². The lowest BCUT2D eigenvalue weighted by Gasteiger charge is -2.23. The fourth-order valence-electron chi connectivity index (χ4n) is 4.54. The molecule has 4 aromatic rings. The highest BCUT2D eigenvalue weighted by Gasteiger charge is 2.31. The molecule has 1 aromatic carbocycles. The average Bonchev–Trinajstić information content (AvgIpc) is 2.88. The summed E-state index contributed by atoms with van der Waals surface area (Å²) in [7, 11) is 0. The van der Waals surface area contributed by atoms with Crippen LogP contribution >= 0.6 is 0 Å². The molecular formula is C26H23F3N6O. The molecule has 1 aliphatic rings. The summed E-state index contributed by atoms with van der Waals surface area (Å²) in [6.07, 6.45) is 3.25. The molecule has 7 nitrogen and oxygen atoms in total. The number of carbonyl (C=O) groups is 1. The Morgan fingerprint density at radius 2 is 1.72 bits per heavy atom. The molecular weight excluding hydrogens is 469 g/mol. The first-order valence-corrected chi connectivity index (χ1v) is 11.6. The second-order valence-electron chi connectivity index (χ2n) is 8.76. The number of alkyl halides is 3. The zero-order valence-corrected chi connectivity index (χ0v) is 19.3. The minimum absolute atomic E-state index is 0.00857. The van der Waals surface area contributed by atoms with Crippen LogP contribution in [-0.4, -0.2) is 30.7 Å². The molecule has 0 saturated carbocycles. The van der Waals surface area contributed by atoms with E-state index >= 15 is 0 Å². The van der Waals surface area contributed by atoms with Crippen molar-refractivity contribution >= 4 is 22.6 Å². The van der Waals surface area contributed by atoms with E-state index in [1.807, 2.05) is 6.07 Å². The topological polar surface area (TPSA) is 97.9 Å². The fourth-order valence-corrected chi connectivity index (χ4v) is 4.54. The van der Waals surface area contributed by atoms with Crippen LogP contribution in [0.5, 0.6) is 0 Å². The Morgan fingerprint density at radius 1 is 0.972 bits per heavy atom. The number of hydrogen-bond donors (Lipinski definition) is 1. The molecule has 1 aliphatic carbocycles. The van der Waals surface area contributed by atoms with Crippen molar-refractivity contribution in [3.63, 3.8) is 0 Å². The van der Waals surface area contributed by atoms with Gasteiger partial charge in [-0.2, -0.15) is 13.2 Å². The lowest BCUT2D eigenvalue weighted by atomic mass is 9.89. The molecule has 5 rings (SSSR count). The number of nitrogens with two attached hydrogens (primary N) is 1. The first kappa shape index (κ1) is 23.7. The molecule has 184 valence electrons. The predicted molar refractivity (Wildman–Crippen MR) is 128 cm³/mol. The van der Waals surface area contributed by atoms with E-state index in [1.54, 1.807) is 30.6 Å². The number of carbonyl (C=O) groups excluding carboxylic acids is 1. The van der Waals surface area contributed by atoms with E-state index in [2.05, 4.69) is 19.9 Å². The van der Waals surface area contributed by atoms with Crippen LogP contribution in [-0.2, 0) is 32.1 Å². The summed E-state index contributed by atoms with van der Waals surface area (Å²) in [6, 6.07) is 9.19. The minimum Gasteiger partial charge on any atom is -0.383 e. The molecule has 2 N–H and O–H groups in total. The molecule has 36 heavy (non-hydrogen) atoms. The number of aromatic nitrogens is 4. The van der Waals surface area contributed by atoms with E-state index in [1.165, 1.54) is 11.0 Å². The SMILES string of the molecule is Nc1nc2ccc(C(=O)N(Cc3ccc(C(F)(F)F)cn3)Cc3ncccn3)cc2c2c1CCCC2. The third-order valence-electron chi connectivity index (χ3n) is 6.33. The zero-order valence-electron chi connectivity index (χ0n) is 19.3. The lowest BCUT2D eigenvalue weighted by molar-refractivity contribution is -0.137. The highest BCUT2D eigenvalue weighted by atomic mass is 19.4. The number of hydrogen-bond acceptors (Lipinski definition) is 6. The van der Waals surface area contributed by atoms with Gasteiger partial charge in [0.1, 0.15) is 11.6 Å². The first-order chi connectivity index (χ1) is 17.3. The quantitative estimate of drug-likeness (QED) is 0.432. The van der Waals surface area contributed by atoms with Gasteiger partial charge in [-0.3, -0.25) is 9.78 Å². The van der Waals surface area contributed by atoms with E-state index in [9.17, 15) is 18.0 Å². The van der Waals surface area contributed by atoms with Crippen LogP contribution in [0.15, 0.2) is 55.0 Å². The van der Waals surface area contributed by atoms with Crippen LogP contribution in [0.1, 0.15) is 51.4 Å². The van der Waals surface area contributed by atoms with Crippen LogP contribution in [0.2, 0.25) is 0 Å². The maximum absolute atomic E-state index is 13.7. The molecule has 1 amide bonds. The molecule has 3 heterocycles. The Kier molecular flexibility index (Phi) is 6.26. The number of benzene rings is 1. The van der Waals surface area contributed by atoms with E-state index in [0.717, 1.165) is 60.0 Å². The Hall–Kier alpha value is -4.08. The first-order valence-electron chi connectivity index (χ1n) is 11.6. The van der Waals surface area contributed by atoms with Crippen LogP contribution in [0.25, 0.3) is 10.9 Å². The van der Waals surface area contributed by atoms with Gasteiger partial charge >= 0.3 is 6.18 Å². The molecule has 0 atom stereocenters. The summed E-state index contributed by atoms with van der Waals surface area (Å²) in [5.74, 6) is 0.630.